The van der Waals surface area contributed by atoms with Gasteiger partial charge in [-0.25, -0.2) is 0 Å². The Morgan fingerprint density at radius 1 is 1.06 bits per heavy atom. The summed E-state index contributed by atoms with van der Waals surface area (Å²) in [5, 5.41) is 20.5. The predicted octanol–water partition coefficient (Wildman–Crippen LogP) is 4.42. The second kappa shape index (κ2) is 9.65. The van der Waals surface area contributed by atoms with Gasteiger partial charge in [-0.3, -0.25) is 24.9 Å². The minimum absolute atomic E-state index is 0.0684. The summed E-state index contributed by atoms with van der Waals surface area (Å²) in [6.45, 7) is 0. The SMILES string of the molecule is Cn1cc(-c2cc([N+](=O)[O-])ccc2Oc2cccnc2)c2cc[nH]c2c1=O.Oc1cccnc1. The lowest BCUT2D eigenvalue weighted by molar-refractivity contribution is -0.384. The molecule has 10 nitrogen and oxygen atoms in total. The molecular weight excluding hydrogens is 438 g/mol. The smallest absolute Gasteiger partial charge is 0.274 e. The lowest BCUT2D eigenvalue weighted by Crippen LogP contribution is -2.16. The topological polar surface area (TPSA) is 136 Å². The molecule has 4 aromatic heterocycles. The number of non-ortho nitro benzene ring substituents is 1. The van der Waals surface area contributed by atoms with Crippen LogP contribution < -0.4 is 10.3 Å². The van der Waals surface area contributed by atoms with Crippen molar-refractivity contribution >= 4 is 16.6 Å². The van der Waals surface area contributed by atoms with Crippen LogP contribution in [0.2, 0.25) is 0 Å². The summed E-state index contributed by atoms with van der Waals surface area (Å²) in [6.07, 6.45) is 9.49. The van der Waals surface area contributed by atoms with E-state index >= 15 is 0 Å². The first-order valence-corrected chi connectivity index (χ1v) is 10.1. The van der Waals surface area contributed by atoms with E-state index in [1.54, 1.807) is 74.4 Å². The molecule has 170 valence electrons. The highest BCUT2D eigenvalue weighted by Crippen LogP contribution is 2.38. The van der Waals surface area contributed by atoms with E-state index in [0.29, 0.717) is 33.5 Å². The molecule has 10 heteroatoms. The predicted molar refractivity (Wildman–Crippen MR) is 126 cm³/mol. The normalized spacial score (nSPS) is 10.4. The Balaban J connectivity index is 0.000000336. The molecule has 0 aliphatic carbocycles. The summed E-state index contributed by atoms with van der Waals surface area (Å²) in [5.74, 6) is 1.14. The molecule has 0 unspecified atom stereocenters. The number of hydrogen-bond donors (Lipinski definition) is 2. The second-order valence-corrected chi connectivity index (χ2v) is 7.16. The number of H-pyrrole nitrogens is 1. The molecule has 1 aromatic carbocycles. The first-order valence-electron chi connectivity index (χ1n) is 10.1. The van der Waals surface area contributed by atoms with E-state index in [2.05, 4.69) is 15.0 Å². The number of nitrogens with one attached hydrogen (secondary N) is 1. The van der Waals surface area contributed by atoms with Gasteiger partial charge in [0.25, 0.3) is 11.2 Å². The molecule has 0 bridgehead atoms. The third kappa shape index (κ3) is 4.75. The number of aromatic amines is 1. The van der Waals surface area contributed by atoms with Crippen molar-refractivity contribution < 1.29 is 14.8 Å². The molecular formula is C24H19N5O5. The van der Waals surface area contributed by atoms with Crippen molar-refractivity contribution in [2.24, 2.45) is 7.05 Å². The first-order chi connectivity index (χ1) is 16.4. The van der Waals surface area contributed by atoms with Crippen LogP contribution in [0.1, 0.15) is 0 Å². The molecule has 5 rings (SSSR count). The summed E-state index contributed by atoms with van der Waals surface area (Å²) in [5.41, 5.74) is 1.33. The van der Waals surface area contributed by atoms with E-state index in [-0.39, 0.29) is 17.0 Å². The number of nitrogens with zero attached hydrogens (tertiary/aromatic N) is 4. The largest absolute Gasteiger partial charge is 0.506 e. The van der Waals surface area contributed by atoms with E-state index in [1.165, 1.54) is 22.9 Å². The van der Waals surface area contributed by atoms with Crippen LogP contribution in [0.15, 0.2) is 90.5 Å². The van der Waals surface area contributed by atoms with Crippen LogP contribution in [0.5, 0.6) is 17.2 Å². The first kappa shape index (κ1) is 22.2. The van der Waals surface area contributed by atoms with E-state index in [0.717, 1.165) is 0 Å². The van der Waals surface area contributed by atoms with Crippen molar-refractivity contribution in [1.82, 2.24) is 19.5 Å². The maximum atomic E-state index is 12.3. The van der Waals surface area contributed by atoms with Crippen molar-refractivity contribution in [2.75, 3.05) is 0 Å². The molecule has 5 aromatic rings. The molecule has 0 amide bonds. The minimum atomic E-state index is -0.465. The Morgan fingerprint density at radius 2 is 1.82 bits per heavy atom. The Kier molecular flexibility index (Phi) is 6.31. The van der Waals surface area contributed by atoms with Gasteiger partial charge in [-0.1, -0.05) is 0 Å². The molecule has 0 saturated heterocycles. The molecule has 0 fully saturated rings. The highest BCUT2D eigenvalue weighted by molar-refractivity contribution is 5.96. The molecule has 0 radical (unpaired) electrons. The van der Waals surface area contributed by atoms with Crippen molar-refractivity contribution in [3.63, 3.8) is 0 Å². The number of benzene rings is 1. The summed E-state index contributed by atoms with van der Waals surface area (Å²) >= 11 is 0. The fraction of sp³-hybridized carbons (Fsp3) is 0.0417. The third-order valence-electron chi connectivity index (χ3n) is 4.87. The van der Waals surface area contributed by atoms with Crippen LogP contribution in [0.4, 0.5) is 5.69 Å². The number of aryl methyl sites for hydroxylation is 1. The number of ether oxygens (including phenoxy) is 1. The summed E-state index contributed by atoms with van der Waals surface area (Å²) < 4.78 is 7.34. The van der Waals surface area contributed by atoms with Gasteiger partial charge in [-0.2, -0.15) is 0 Å². The number of pyridine rings is 3. The van der Waals surface area contributed by atoms with Gasteiger partial charge in [-0.15, -0.1) is 0 Å². The van der Waals surface area contributed by atoms with Crippen LogP contribution >= 0.6 is 0 Å². The average Bonchev–Trinajstić information content (AvgIpc) is 3.34. The zero-order valence-electron chi connectivity index (χ0n) is 18.0. The second-order valence-electron chi connectivity index (χ2n) is 7.16. The van der Waals surface area contributed by atoms with E-state index < -0.39 is 4.92 Å². The Labute approximate surface area is 192 Å². The van der Waals surface area contributed by atoms with Crippen LogP contribution in [-0.4, -0.2) is 29.5 Å². The van der Waals surface area contributed by atoms with Gasteiger partial charge in [-0.05, 0) is 36.4 Å². The number of nitro groups is 1. The molecule has 0 atom stereocenters. The summed E-state index contributed by atoms with van der Waals surface area (Å²) in [4.78, 5) is 33.7. The molecule has 0 aliphatic heterocycles. The number of fused-ring (bicyclic) bond motifs is 1. The van der Waals surface area contributed by atoms with E-state index in [9.17, 15) is 14.9 Å². The average molecular weight is 457 g/mol. The number of aromatic nitrogens is 4. The van der Waals surface area contributed by atoms with Crippen LogP contribution in [0.25, 0.3) is 22.0 Å². The van der Waals surface area contributed by atoms with Crippen molar-refractivity contribution in [3.8, 4) is 28.4 Å². The molecule has 0 spiro atoms. The van der Waals surface area contributed by atoms with Gasteiger partial charge >= 0.3 is 0 Å². The van der Waals surface area contributed by atoms with Gasteiger partial charge < -0.3 is 19.4 Å². The Morgan fingerprint density at radius 3 is 2.44 bits per heavy atom. The standard InChI is InChI=1S/C19H14N4O4.C5H5NO/c1-22-11-16(14-6-8-21-18(14)19(22)24)15-9-12(23(25)26)4-5-17(15)27-13-3-2-7-20-10-13;7-5-2-1-3-6-4-5/h2-11,21H,1H3;1-4,7H. The van der Waals surface area contributed by atoms with E-state index in [1.807, 2.05) is 0 Å². The number of rotatable bonds is 4. The number of aromatic hydroxyl groups is 1. The van der Waals surface area contributed by atoms with Crippen LogP contribution in [0, 0.1) is 10.1 Å². The minimum Gasteiger partial charge on any atom is -0.506 e. The highest BCUT2D eigenvalue weighted by atomic mass is 16.6. The molecule has 0 saturated carbocycles. The van der Waals surface area contributed by atoms with Gasteiger partial charge in [0, 0.05) is 60.5 Å². The van der Waals surface area contributed by atoms with E-state index in [4.69, 9.17) is 9.84 Å². The fourth-order valence-corrected chi connectivity index (χ4v) is 3.30. The fourth-order valence-electron chi connectivity index (χ4n) is 3.30. The maximum Gasteiger partial charge on any atom is 0.274 e. The van der Waals surface area contributed by atoms with Crippen LogP contribution in [0.3, 0.4) is 0 Å². The quantitative estimate of drug-likeness (QED) is 0.301. The van der Waals surface area contributed by atoms with Crippen molar-refractivity contribution in [2.45, 2.75) is 0 Å². The zero-order valence-corrected chi connectivity index (χ0v) is 18.0. The number of nitro benzene ring substituents is 1. The van der Waals surface area contributed by atoms with Gasteiger partial charge in [0.05, 0.1) is 17.3 Å². The van der Waals surface area contributed by atoms with Gasteiger partial charge in [0.15, 0.2) is 0 Å². The zero-order chi connectivity index (χ0) is 24.1. The lowest BCUT2D eigenvalue weighted by Gasteiger charge is -2.13. The van der Waals surface area contributed by atoms with Crippen LogP contribution in [-0.2, 0) is 7.05 Å². The van der Waals surface area contributed by atoms with Gasteiger partial charge in [0.1, 0.15) is 22.8 Å². The molecule has 0 aliphatic rings. The third-order valence-corrected chi connectivity index (χ3v) is 4.87. The molecule has 34 heavy (non-hydrogen) atoms. The van der Waals surface area contributed by atoms with Crippen molar-refractivity contribution in [1.29, 1.82) is 0 Å². The monoisotopic (exact) mass is 457 g/mol. The molecule has 2 N–H and O–H groups in total. The highest BCUT2D eigenvalue weighted by Gasteiger charge is 2.18. The lowest BCUT2D eigenvalue weighted by atomic mass is 10.0. The number of hydrogen-bond acceptors (Lipinski definition) is 7. The Bertz CT molecular complexity index is 1500. The maximum absolute atomic E-state index is 12.3. The summed E-state index contributed by atoms with van der Waals surface area (Å²) in [7, 11) is 1.63. The molecule has 4 heterocycles. The van der Waals surface area contributed by atoms with Crippen molar-refractivity contribution in [3.05, 3.63) is 106 Å². The van der Waals surface area contributed by atoms with Gasteiger partial charge in [0.2, 0.25) is 0 Å². The Hall–Kier alpha value is -4.99. The summed E-state index contributed by atoms with van der Waals surface area (Å²) in [6, 6.07) is 12.9.